The van der Waals surface area contributed by atoms with E-state index in [1.165, 1.54) is 50.4 Å². The third-order valence-electron chi connectivity index (χ3n) is 4.97. The molecule has 0 aromatic heterocycles. The molecule has 0 spiro atoms. The van der Waals surface area contributed by atoms with Gasteiger partial charge in [0, 0.05) is 57.5 Å². The maximum atomic E-state index is 3.45. The van der Waals surface area contributed by atoms with E-state index in [2.05, 4.69) is 58.4 Å². The number of anilines is 1. The second-order valence-corrected chi connectivity index (χ2v) is 6.32. The number of rotatable bonds is 4. The highest BCUT2D eigenvalue weighted by Gasteiger charge is 2.24. The third kappa shape index (κ3) is 3.39. The summed E-state index contributed by atoms with van der Waals surface area (Å²) in [7, 11) is 4.29. The number of benzene rings is 1. The first kappa shape index (κ1) is 14.8. The van der Waals surface area contributed by atoms with Gasteiger partial charge in [-0.2, -0.15) is 0 Å². The van der Waals surface area contributed by atoms with E-state index in [9.17, 15) is 0 Å². The molecule has 0 saturated carbocycles. The highest BCUT2D eigenvalue weighted by molar-refractivity contribution is 5.57. The van der Waals surface area contributed by atoms with Gasteiger partial charge in [0.1, 0.15) is 0 Å². The second-order valence-electron chi connectivity index (χ2n) is 6.32. The minimum absolute atomic E-state index is 0.515. The van der Waals surface area contributed by atoms with Crippen LogP contribution in [0.25, 0.3) is 0 Å². The fourth-order valence-electron chi connectivity index (χ4n) is 3.50. The van der Waals surface area contributed by atoms with Gasteiger partial charge in [-0.15, -0.1) is 0 Å². The Hall–Kier alpha value is -1.10. The molecule has 1 N–H and O–H groups in total. The van der Waals surface area contributed by atoms with Crippen LogP contribution in [0.4, 0.5) is 5.69 Å². The minimum atomic E-state index is 0.515. The summed E-state index contributed by atoms with van der Waals surface area (Å²) in [6.45, 7) is 8.34. The molecule has 0 amide bonds. The van der Waals surface area contributed by atoms with Gasteiger partial charge in [-0.25, -0.2) is 0 Å². The molecule has 1 unspecified atom stereocenters. The van der Waals surface area contributed by atoms with Gasteiger partial charge in [-0.05, 0) is 32.1 Å². The van der Waals surface area contributed by atoms with Crippen molar-refractivity contribution in [2.75, 3.05) is 64.8 Å². The molecular formula is C17H28N4. The molecule has 2 heterocycles. The zero-order valence-electron chi connectivity index (χ0n) is 13.4. The monoisotopic (exact) mass is 288 g/mol. The lowest BCUT2D eigenvalue weighted by molar-refractivity contribution is 0.156. The van der Waals surface area contributed by atoms with Crippen molar-refractivity contribution in [3.63, 3.8) is 0 Å². The molecular weight excluding hydrogens is 260 g/mol. The summed E-state index contributed by atoms with van der Waals surface area (Å²) in [5.41, 5.74) is 2.89. The van der Waals surface area contributed by atoms with Crippen LogP contribution in [0.15, 0.2) is 24.3 Å². The lowest BCUT2D eigenvalue weighted by atomic mass is 9.96. The molecule has 4 heteroatoms. The van der Waals surface area contributed by atoms with E-state index in [4.69, 9.17) is 0 Å². The summed E-state index contributed by atoms with van der Waals surface area (Å²) in [4.78, 5) is 7.60. The fraction of sp³-hybridized carbons (Fsp3) is 0.647. The van der Waals surface area contributed by atoms with Crippen LogP contribution < -0.4 is 10.2 Å². The van der Waals surface area contributed by atoms with E-state index in [1.54, 1.807) is 0 Å². The van der Waals surface area contributed by atoms with Gasteiger partial charge in [0.25, 0.3) is 0 Å². The van der Waals surface area contributed by atoms with Gasteiger partial charge in [-0.3, -0.25) is 4.90 Å². The predicted octanol–water partition coefficient (Wildman–Crippen LogP) is 1.40. The number of para-hydroxylation sites is 1. The maximum Gasteiger partial charge on any atom is 0.0415 e. The molecule has 1 atom stereocenters. The van der Waals surface area contributed by atoms with Gasteiger partial charge in [0.05, 0.1) is 0 Å². The molecule has 2 aliphatic heterocycles. The number of hydrogen-bond acceptors (Lipinski definition) is 4. The number of nitrogens with one attached hydrogen (secondary N) is 1. The first-order chi connectivity index (χ1) is 10.3. The summed E-state index contributed by atoms with van der Waals surface area (Å²) < 4.78 is 0. The first-order valence-electron chi connectivity index (χ1n) is 8.20. The Kier molecular flexibility index (Phi) is 4.78. The topological polar surface area (TPSA) is 21.8 Å². The Bertz CT molecular complexity index is 454. The van der Waals surface area contributed by atoms with Crippen LogP contribution in [0.2, 0.25) is 0 Å². The Labute approximate surface area is 128 Å². The van der Waals surface area contributed by atoms with Crippen molar-refractivity contribution in [2.45, 2.75) is 12.5 Å². The van der Waals surface area contributed by atoms with E-state index in [-0.39, 0.29) is 0 Å². The number of hydrogen-bond donors (Lipinski definition) is 1. The third-order valence-corrected chi connectivity index (χ3v) is 4.97. The number of piperazine rings is 1. The van der Waals surface area contributed by atoms with Crippen molar-refractivity contribution in [3.05, 3.63) is 29.8 Å². The van der Waals surface area contributed by atoms with Gasteiger partial charge in [0.15, 0.2) is 0 Å². The molecule has 116 valence electrons. The van der Waals surface area contributed by atoms with Crippen molar-refractivity contribution >= 4 is 5.69 Å². The molecule has 0 aliphatic carbocycles. The quantitative estimate of drug-likeness (QED) is 0.904. The highest BCUT2D eigenvalue weighted by Crippen LogP contribution is 2.33. The van der Waals surface area contributed by atoms with E-state index < -0.39 is 0 Å². The maximum absolute atomic E-state index is 3.45. The molecule has 3 rings (SSSR count). The van der Waals surface area contributed by atoms with E-state index >= 15 is 0 Å². The molecule has 1 saturated heterocycles. The van der Waals surface area contributed by atoms with Crippen molar-refractivity contribution in [3.8, 4) is 0 Å². The SMILES string of the molecule is CNC1CCN(CCN2CCN(C)CC2)c2ccccc21. The summed E-state index contributed by atoms with van der Waals surface area (Å²) in [6, 6.07) is 9.40. The van der Waals surface area contributed by atoms with Crippen LogP contribution in [-0.4, -0.2) is 69.7 Å². The molecule has 1 fully saturated rings. The van der Waals surface area contributed by atoms with Gasteiger partial charge >= 0.3 is 0 Å². The minimum Gasteiger partial charge on any atom is -0.370 e. The standard InChI is InChI=1S/C17H28N4/c1-18-16-7-8-21(17-6-4-3-5-15(16)17)14-13-20-11-9-19(2)10-12-20/h3-6,16,18H,7-14H2,1-2H3. The summed E-state index contributed by atoms with van der Waals surface area (Å²) in [5.74, 6) is 0. The zero-order valence-corrected chi connectivity index (χ0v) is 13.4. The first-order valence-corrected chi connectivity index (χ1v) is 8.20. The Balaban J connectivity index is 1.61. The van der Waals surface area contributed by atoms with Crippen LogP contribution in [-0.2, 0) is 0 Å². The van der Waals surface area contributed by atoms with Crippen molar-refractivity contribution < 1.29 is 0 Å². The largest absolute Gasteiger partial charge is 0.370 e. The van der Waals surface area contributed by atoms with Crippen LogP contribution in [0.1, 0.15) is 18.0 Å². The summed E-state index contributed by atoms with van der Waals surface area (Å²) in [5, 5.41) is 3.45. The van der Waals surface area contributed by atoms with E-state index in [1.807, 2.05) is 0 Å². The lowest BCUT2D eigenvalue weighted by Gasteiger charge is -2.38. The number of fused-ring (bicyclic) bond motifs is 1. The second kappa shape index (κ2) is 6.77. The zero-order chi connectivity index (χ0) is 14.7. The van der Waals surface area contributed by atoms with E-state index in [0.717, 1.165) is 13.1 Å². The van der Waals surface area contributed by atoms with Gasteiger partial charge in [0.2, 0.25) is 0 Å². The fourth-order valence-corrected chi connectivity index (χ4v) is 3.50. The highest BCUT2D eigenvalue weighted by atomic mass is 15.3. The number of nitrogens with zero attached hydrogens (tertiary/aromatic N) is 3. The van der Waals surface area contributed by atoms with Crippen LogP contribution in [0.3, 0.4) is 0 Å². The van der Waals surface area contributed by atoms with Gasteiger partial charge < -0.3 is 15.1 Å². The van der Waals surface area contributed by atoms with Gasteiger partial charge in [-0.1, -0.05) is 18.2 Å². The number of likely N-dealkylation sites (N-methyl/N-ethyl adjacent to an activating group) is 1. The van der Waals surface area contributed by atoms with Crippen molar-refractivity contribution in [2.24, 2.45) is 0 Å². The van der Waals surface area contributed by atoms with Crippen LogP contribution >= 0.6 is 0 Å². The lowest BCUT2D eigenvalue weighted by Crippen LogP contribution is -2.47. The predicted molar refractivity (Wildman–Crippen MR) is 89.0 cm³/mol. The molecule has 2 aliphatic rings. The average molecular weight is 288 g/mol. The summed E-state index contributed by atoms with van der Waals surface area (Å²) >= 11 is 0. The van der Waals surface area contributed by atoms with Crippen molar-refractivity contribution in [1.29, 1.82) is 0 Å². The average Bonchev–Trinajstić information content (AvgIpc) is 2.54. The smallest absolute Gasteiger partial charge is 0.0415 e. The molecule has 21 heavy (non-hydrogen) atoms. The van der Waals surface area contributed by atoms with Crippen LogP contribution in [0.5, 0.6) is 0 Å². The van der Waals surface area contributed by atoms with E-state index in [0.29, 0.717) is 6.04 Å². The molecule has 1 aromatic rings. The summed E-state index contributed by atoms with van der Waals surface area (Å²) in [6.07, 6.45) is 1.20. The normalized spacial score (nSPS) is 24.1. The molecule has 0 radical (unpaired) electrons. The molecule has 1 aromatic carbocycles. The van der Waals surface area contributed by atoms with Crippen molar-refractivity contribution in [1.82, 2.24) is 15.1 Å². The Morgan fingerprint density at radius 1 is 1.05 bits per heavy atom. The van der Waals surface area contributed by atoms with Crippen LogP contribution in [0, 0.1) is 0 Å². The Morgan fingerprint density at radius 2 is 1.81 bits per heavy atom. The molecule has 0 bridgehead atoms. The molecule has 4 nitrogen and oxygen atoms in total. The Morgan fingerprint density at radius 3 is 2.57 bits per heavy atom.